The molecule has 1 heterocycles. The van der Waals surface area contributed by atoms with Gasteiger partial charge in [-0.25, -0.2) is 4.98 Å². The van der Waals surface area contributed by atoms with Gasteiger partial charge in [0.05, 0.1) is 0 Å². The second kappa shape index (κ2) is 6.90. The number of amides is 1. The summed E-state index contributed by atoms with van der Waals surface area (Å²) in [4.78, 5) is 16.6. The molecule has 0 spiro atoms. The first kappa shape index (κ1) is 16.7. The lowest BCUT2D eigenvalue weighted by molar-refractivity contribution is 0.0915. The molecule has 0 saturated carbocycles. The summed E-state index contributed by atoms with van der Waals surface area (Å²) in [7, 11) is 0. The van der Waals surface area contributed by atoms with Gasteiger partial charge >= 0.3 is 0 Å². The molecule has 0 fully saturated rings. The average Bonchev–Trinajstić information content (AvgIpc) is 2.75. The van der Waals surface area contributed by atoms with Crippen molar-refractivity contribution in [3.05, 3.63) is 4.88 Å². The lowest BCUT2D eigenvalue weighted by Crippen LogP contribution is -2.36. The van der Waals surface area contributed by atoms with Crippen LogP contribution in [0.3, 0.4) is 0 Å². The number of nitrogens with zero attached hydrogens (tertiary/aromatic N) is 1. The zero-order chi connectivity index (χ0) is 15.3. The predicted molar refractivity (Wildman–Crippen MR) is 83.1 cm³/mol. The monoisotopic (exact) mass is 300 g/mol. The lowest BCUT2D eigenvalue weighted by atomic mass is 9.95. The normalized spacial score (nSPS) is 11.7. The Bertz CT molecular complexity index is 457. The van der Waals surface area contributed by atoms with Crippen molar-refractivity contribution in [1.82, 2.24) is 10.3 Å². The van der Waals surface area contributed by atoms with Gasteiger partial charge in [0.2, 0.25) is 0 Å². The first-order valence-electron chi connectivity index (χ1n) is 6.64. The number of aromatic nitrogens is 1. The van der Waals surface area contributed by atoms with Gasteiger partial charge in [-0.3, -0.25) is 4.79 Å². The van der Waals surface area contributed by atoms with Crippen LogP contribution in [0.15, 0.2) is 0 Å². The van der Waals surface area contributed by atoms with Crippen molar-refractivity contribution in [3.63, 3.8) is 0 Å². The number of hydrogen-bond donors (Lipinski definition) is 4. The minimum Gasteiger partial charge on any atom is -0.396 e. The molecule has 0 atom stereocenters. The molecule has 0 aliphatic heterocycles. The SMILES string of the molecule is CC(C)CNc1nc(N)c(C(=O)NCC(C)(C)CO)s1. The van der Waals surface area contributed by atoms with Gasteiger partial charge < -0.3 is 21.5 Å². The van der Waals surface area contributed by atoms with Crippen molar-refractivity contribution in [2.75, 3.05) is 30.7 Å². The zero-order valence-corrected chi connectivity index (χ0v) is 13.3. The number of nitrogens with two attached hydrogens (primary N) is 1. The first-order chi connectivity index (χ1) is 9.25. The number of nitrogen functional groups attached to an aromatic ring is 1. The molecule has 0 aliphatic rings. The Kier molecular flexibility index (Phi) is 5.76. The molecule has 0 saturated heterocycles. The molecule has 7 heteroatoms. The summed E-state index contributed by atoms with van der Waals surface area (Å²) in [6.07, 6.45) is 0. The minimum absolute atomic E-state index is 0.00659. The van der Waals surface area contributed by atoms with Crippen LogP contribution in [0.2, 0.25) is 0 Å². The average molecular weight is 300 g/mol. The molecule has 6 nitrogen and oxygen atoms in total. The van der Waals surface area contributed by atoms with E-state index in [9.17, 15) is 4.79 Å². The maximum atomic E-state index is 12.0. The fourth-order valence-corrected chi connectivity index (χ4v) is 2.13. The van der Waals surface area contributed by atoms with Crippen LogP contribution in [0.5, 0.6) is 0 Å². The summed E-state index contributed by atoms with van der Waals surface area (Å²) in [5.41, 5.74) is 5.42. The molecule has 0 aromatic carbocycles. The van der Waals surface area contributed by atoms with Crippen LogP contribution >= 0.6 is 11.3 Å². The molecule has 1 aromatic heterocycles. The van der Waals surface area contributed by atoms with Crippen LogP contribution in [0.1, 0.15) is 37.4 Å². The van der Waals surface area contributed by atoms with E-state index in [1.165, 1.54) is 11.3 Å². The molecular formula is C13H24N4O2S. The third-order valence-electron chi connectivity index (χ3n) is 2.68. The van der Waals surface area contributed by atoms with E-state index in [0.717, 1.165) is 6.54 Å². The molecular weight excluding hydrogens is 276 g/mol. The molecule has 1 amide bonds. The van der Waals surface area contributed by atoms with Gasteiger partial charge in [0.1, 0.15) is 10.7 Å². The van der Waals surface area contributed by atoms with E-state index in [-0.39, 0.29) is 23.7 Å². The van der Waals surface area contributed by atoms with Crippen LogP contribution in [-0.2, 0) is 0 Å². The number of aliphatic hydroxyl groups is 1. The Morgan fingerprint density at radius 2 is 2.15 bits per heavy atom. The van der Waals surface area contributed by atoms with Gasteiger partial charge in [0.15, 0.2) is 5.13 Å². The highest BCUT2D eigenvalue weighted by molar-refractivity contribution is 7.18. The molecule has 5 N–H and O–H groups in total. The van der Waals surface area contributed by atoms with E-state index < -0.39 is 0 Å². The third-order valence-corrected chi connectivity index (χ3v) is 3.70. The second-order valence-corrected chi connectivity index (χ2v) is 7.01. The van der Waals surface area contributed by atoms with Gasteiger partial charge in [-0.2, -0.15) is 0 Å². The standard InChI is InChI=1S/C13H24N4O2S/c1-8(2)5-15-12-17-10(14)9(20-12)11(19)16-6-13(3,4)7-18/h8,18H,5-7,14H2,1-4H3,(H,15,17)(H,16,19). The molecule has 114 valence electrons. The number of carbonyl (C=O) groups is 1. The Morgan fingerprint density at radius 3 is 2.70 bits per heavy atom. The van der Waals surface area contributed by atoms with Crippen molar-refractivity contribution in [2.45, 2.75) is 27.7 Å². The molecule has 1 aromatic rings. The zero-order valence-electron chi connectivity index (χ0n) is 12.5. The molecule has 20 heavy (non-hydrogen) atoms. The van der Waals surface area contributed by atoms with Gasteiger partial charge in [-0.15, -0.1) is 0 Å². The molecule has 0 bridgehead atoms. The van der Waals surface area contributed by atoms with Crippen LogP contribution in [0.25, 0.3) is 0 Å². The number of nitrogens with one attached hydrogen (secondary N) is 2. The molecule has 0 aliphatic carbocycles. The van der Waals surface area contributed by atoms with Crippen LogP contribution < -0.4 is 16.4 Å². The van der Waals surface area contributed by atoms with Crippen LogP contribution in [0.4, 0.5) is 10.9 Å². The number of anilines is 2. The van der Waals surface area contributed by atoms with Crippen molar-refractivity contribution in [3.8, 4) is 0 Å². The summed E-state index contributed by atoms with van der Waals surface area (Å²) in [6.45, 7) is 9.10. The summed E-state index contributed by atoms with van der Waals surface area (Å²) in [5, 5.41) is 15.7. The fourth-order valence-electron chi connectivity index (χ4n) is 1.32. The van der Waals surface area contributed by atoms with Gasteiger partial charge in [0, 0.05) is 25.1 Å². The van der Waals surface area contributed by atoms with E-state index in [2.05, 4.69) is 29.5 Å². The maximum Gasteiger partial charge on any atom is 0.265 e. The van der Waals surface area contributed by atoms with Gasteiger partial charge in [-0.05, 0) is 5.92 Å². The highest BCUT2D eigenvalue weighted by Gasteiger charge is 2.21. The quantitative estimate of drug-likeness (QED) is 0.612. The Hall–Kier alpha value is -1.34. The number of carbonyl (C=O) groups excluding carboxylic acids is 1. The Labute approximate surface area is 123 Å². The van der Waals surface area contributed by atoms with Crippen molar-refractivity contribution in [2.24, 2.45) is 11.3 Å². The summed E-state index contributed by atoms with van der Waals surface area (Å²) in [5.74, 6) is 0.474. The fraction of sp³-hybridized carbons (Fsp3) is 0.692. The first-order valence-corrected chi connectivity index (χ1v) is 7.46. The molecule has 0 unspecified atom stereocenters. The van der Waals surface area contributed by atoms with Crippen LogP contribution in [0, 0.1) is 11.3 Å². The number of hydrogen-bond acceptors (Lipinski definition) is 6. The number of thiazole rings is 1. The van der Waals surface area contributed by atoms with Crippen LogP contribution in [-0.4, -0.2) is 35.7 Å². The van der Waals surface area contributed by atoms with Crippen molar-refractivity contribution < 1.29 is 9.90 Å². The Balaban J connectivity index is 2.64. The Morgan fingerprint density at radius 1 is 1.50 bits per heavy atom. The van der Waals surface area contributed by atoms with E-state index >= 15 is 0 Å². The third kappa shape index (κ3) is 4.97. The predicted octanol–water partition coefficient (Wildman–Crippen LogP) is 1.54. The van der Waals surface area contributed by atoms with Gasteiger partial charge in [-0.1, -0.05) is 39.0 Å². The highest BCUT2D eigenvalue weighted by atomic mass is 32.1. The molecule has 0 radical (unpaired) electrons. The van der Waals surface area contributed by atoms with E-state index in [0.29, 0.717) is 22.5 Å². The number of rotatable bonds is 7. The van der Waals surface area contributed by atoms with E-state index in [4.69, 9.17) is 10.8 Å². The van der Waals surface area contributed by atoms with E-state index in [1.54, 1.807) is 0 Å². The van der Waals surface area contributed by atoms with Crippen molar-refractivity contribution in [1.29, 1.82) is 0 Å². The maximum absolute atomic E-state index is 12.0. The highest BCUT2D eigenvalue weighted by Crippen LogP contribution is 2.25. The largest absolute Gasteiger partial charge is 0.396 e. The second-order valence-electron chi connectivity index (χ2n) is 6.01. The number of aliphatic hydroxyl groups excluding tert-OH is 1. The van der Waals surface area contributed by atoms with Gasteiger partial charge in [0.25, 0.3) is 5.91 Å². The summed E-state index contributed by atoms with van der Waals surface area (Å²) >= 11 is 1.25. The smallest absolute Gasteiger partial charge is 0.265 e. The topological polar surface area (TPSA) is 100 Å². The lowest BCUT2D eigenvalue weighted by Gasteiger charge is -2.21. The summed E-state index contributed by atoms with van der Waals surface area (Å²) in [6, 6.07) is 0. The summed E-state index contributed by atoms with van der Waals surface area (Å²) < 4.78 is 0. The molecule has 1 rings (SSSR count). The van der Waals surface area contributed by atoms with E-state index in [1.807, 2.05) is 13.8 Å². The minimum atomic E-state index is -0.353. The van der Waals surface area contributed by atoms with Crippen molar-refractivity contribution >= 4 is 28.2 Å².